The molecule has 0 spiro atoms. The van der Waals surface area contributed by atoms with Crippen molar-refractivity contribution in [2.24, 2.45) is 4.99 Å². The van der Waals surface area contributed by atoms with E-state index in [0.717, 1.165) is 5.70 Å². The molecule has 0 aromatic carbocycles. The van der Waals surface area contributed by atoms with E-state index >= 15 is 0 Å². The molecule has 0 fully saturated rings. The number of aliphatic imine (C=N–C) groups is 1. The highest BCUT2D eigenvalue weighted by atomic mass is 32.2. The molecule has 0 aliphatic carbocycles. The smallest absolute Gasteiger partial charge is 0.103 e. The molecule has 0 aromatic rings. The fraction of sp³-hybridized carbons (Fsp3) is 0.625. The largest absolute Gasteiger partial charge is 0.249 e. The Hall–Kier alpha value is -0.310. The predicted octanol–water partition coefficient (Wildman–Crippen LogP) is 3.97. The zero-order chi connectivity index (χ0) is 9.28. The summed E-state index contributed by atoms with van der Waals surface area (Å²) in [6.07, 6.45) is 1.83. The van der Waals surface area contributed by atoms with E-state index in [-0.39, 0.29) is 12.1 Å². The molecule has 0 radical (unpaired) electrons. The van der Waals surface area contributed by atoms with Gasteiger partial charge in [-0.05, 0) is 20.8 Å². The van der Waals surface area contributed by atoms with Crippen molar-refractivity contribution in [3.05, 3.63) is 11.8 Å². The Morgan fingerprint density at radius 3 is 2.09 bits per heavy atom. The first-order valence-corrected chi connectivity index (χ1v) is 4.39. The van der Waals surface area contributed by atoms with Gasteiger partial charge >= 0.3 is 0 Å². The van der Waals surface area contributed by atoms with Crippen LogP contribution in [0.5, 0.6) is 0 Å². The highest BCUT2D eigenvalue weighted by Crippen LogP contribution is 2.06. The SMILES string of the molecule is C/C=C(/C)N=C(C)SF.CC. The maximum Gasteiger partial charge on any atom is 0.103 e. The summed E-state index contributed by atoms with van der Waals surface area (Å²) in [5.74, 6) is 0. The van der Waals surface area contributed by atoms with Gasteiger partial charge in [-0.2, -0.15) is 3.89 Å². The van der Waals surface area contributed by atoms with Crippen LogP contribution in [-0.2, 0) is 0 Å². The molecular weight excluding hydrogens is 161 g/mol. The Bertz CT molecular complexity index is 141. The van der Waals surface area contributed by atoms with Crippen LogP contribution in [0.4, 0.5) is 3.89 Å². The molecule has 0 atom stereocenters. The summed E-state index contributed by atoms with van der Waals surface area (Å²) in [5.41, 5.74) is 0.845. The standard InChI is InChI=1S/C6H10FNS.C2H6/c1-4-5(2)8-6(3)9-7;1-2/h4H,1-3H3;1-2H3/b5-4-,8-6?;. The highest BCUT2D eigenvalue weighted by molar-refractivity contribution is 8.09. The zero-order valence-corrected chi connectivity index (χ0v) is 8.63. The van der Waals surface area contributed by atoms with Gasteiger partial charge in [0.05, 0.1) is 12.1 Å². The van der Waals surface area contributed by atoms with E-state index in [1.807, 2.05) is 33.8 Å². The van der Waals surface area contributed by atoms with Crippen molar-refractivity contribution in [1.29, 1.82) is 0 Å². The lowest BCUT2D eigenvalue weighted by Crippen LogP contribution is -1.78. The van der Waals surface area contributed by atoms with E-state index in [1.165, 1.54) is 0 Å². The van der Waals surface area contributed by atoms with Gasteiger partial charge in [-0.3, -0.25) is 0 Å². The maximum atomic E-state index is 11.6. The Balaban J connectivity index is 0. The summed E-state index contributed by atoms with van der Waals surface area (Å²) in [6.45, 7) is 9.34. The third-order valence-corrected chi connectivity index (χ3v) is 1.18. The lowest BCUT2D eigenvalue weighted by atomic mass is 10.5. The van der Waals surface area contributed by atoms with Gasteiger partial charge in [-0.25, -0.2) is 4.99 Å². The van der Waals surface area contributed by atoms with Gasteiger partial charge in [0.15, 0.2) is 0 Å². The van der Waals surface area contributed by atoms with Gasteiger partial charge in [-0.1, -0.05) is 19.9 Å². The normalized spacial score (nSPS) is 12.2. The summed E-state index contributed by atoms with van der Waals surface area (Å²) < 4.78 is 11.6. The van der Waals surface area contributed by atoms with Crippen LogP contribution in [0.2, 0.25) is 0 Å². The summed E-state index contributed by atoms with van der Waals surface area (Å²) in [7, 11) is 0. The van der Waals surface area contributed by atoms with E-state index in [9.17, 15) is 3.89 Å². The fourth-order valence-corrected chi connectivity index (χ4v) is 0.509. The van der Waals surface area contributed by atoms with Gasteiger partial charge in [0, 0.05) is 5.70 Å². The molecule has 0 saturated carbocycles. The lowest BCUT2D eigenvalue weighted by molar-refractivity contribution is 0.949. The molecule has 0 heterocycles. The van der Waals surface area contributed by atoms with Crippen LogP contribution >= 0.6 is 12.1 Å². The van der Waals surface area contributed by atoms with Crippen molar-refractivity contribution in [1.82, 2.24) is 0 Å². The van der Waals surface area contributed by atoms with E-state index in [4.69, 9.17) is 0 Å². The summed E-state index contributed by atoms with van der Waals surface area (Å²) in [5, 5.41) is 0.450. The van der Waals surface area contributed by atoms with Crippen LogP contribution in [-0.4, -0.2) is 5.04 Å². The first kappa shape index (κ1) is 13.3. The molecule has 0 amide bonds. The third kappa shape index (κ3) is 9.69. The molecule has 66 valence electrons. The number of rotatable bonds is 1. The molecule has 0 unspecified atom stereocenters. The molecule has 0 aromatic heterocycles. The second kappa shape index (κ2) is 9.69. The summed E-state index contributed by atoms with van der Waals surface area (Å²) in [4.78, 5) is 3.88. The minimum absolute atomic E-state index is 0.178. The quantitative estimate of drug-likeness (QED) is 0.436. The number of halogens is 1. The molecule has 0 rings (SSSR count). The first-order chi connectivity index (χ1) is 5.20. The molecule has 1 nitrogen and oxygen atoms in total. The minimum atomic E-state index is 0.178. The summed E-state index contributed by atoms with van der Waals surface area (Å²) >= 11 is 0.178. The van der Waals surface area contributed by atoms with Crippen molar-refractivity contribution >= 4 is 17.2 Å². The lowest BCUT2D eigenvalue weighted by Gasteiger charge is -1.89. The minimum Gasteiger partial charge on any atom is -0.249 e. The van der Waals surface area contributed by atoms with Crippen LogP contribution < -0.4 is 0 Å². The number of hydrogen-bond acceptors (Lipinski definition) is 2. The zero-order valence-electron chi connectivity index (χ0n) is 7.81. The van der Waals surface area contributed by atoms with Crippen molar-refractivity contribution in [3.8, 4) is 0 Å². The van der Waals surface area contributed by atoms with Crippen molar-refractivity contribution < 1.29 is 3.89 Å². The fourth-order valence-electron chi connectivity index (χ4n) is 0.330. The van der Waals surface area contributed by atoms with Crippen LogP contribution in [0, 0.1) is 0 Å². The number of nitrogens with zero attached hydrogens (tertiary/aromatic N) is 1. The second-order valence-electron chi connectivity index (χ2n) is 1.64. The van der Waals surface area contributed by atoms with Gasteiger partial charge in [0.25, 0.3) is 0 Å². The molecule has 0 aliphatic heterocycles. The number of allylic oxidation sites excluding steroid dienone is 2. The molecule has 0 N–H and O–H groups in total. The van der Waals surface area contributed by atoms with Gasteiger partial charge < -0.3 is 0 Å². The molecule has 0 saturated heterocycles. The molecule has 0 bridgehead atoms. The van der Waals surface area contributed by atoms with Gasteiger partial charge in [-0.15, -0.1) is 0 Å². The monoisotopic (exact) mass is 177 g/mol. The number of hydrogen-bond donors (Lipinski definition) is 0. The molecule has 0 aliphatic rings. The first-order valence-electron chi connectivity index (χ1n) is 3.67. The average Bonchev–Trinajstić information content (AvgIpc) is 2.07. The van der Waals surface area contributed by atoms with Crippen molar-refractivity contribution in [2.45, 2.75) is 34.6 Å². The Morgan fingerprint density at radius 1 is 1.36 bits per heavy atom. The topological polar surface area (TPSA) is 12.4 Å². The van der Waals surface area contributed by atoms with E-state index in [1.54, 1.807) is 6.92 Å². The Kier molecular flexibility index (Phi) is 11.7. The Morgan fingerprint density at radius 2 is 1.82 bits per heavy atom. The highest BCUT2D eigenvalue weighted by Gasteiger charge is 1.88. The molecule has 11 heavy (non-hydrogen) atoms. The van der Waals surface area contributed by atoms with Crippen molar-refractivity contribution in [2.75, 3.05) is 0 Å². The van der Waals surface area contributed by atoms with Crippen LogP contribution in [0.1, 0.15) is 34.6 Å². The molecule has 3 heteroatoms. The van der Waals surface area contributed by atoms with Gasteiger partial charge in [0.2, 0.25) is 0 Å². The van der Waals surface area contributed by atoms with Crippen LogP contribution in [0.15, 0.2) is 16.8 Å². The third-order valence-electron chi connectivity index (χ3n) is 0.863. The van der Waals surface area contributed by atoms with Gasteiger partial charge in [0.1, 0.15) is 5.04 Å². The molecular formula is C8H16FNS. The van der Waals surface area contributed by atoms with Crippen LogP contribution in [0.25, 0.3) is 0 Å². The van der Waals surface area contributed by atoms with E-state index in [2.05, 4.69) is 4.99 Å². The second-order valence-corrected chi connectivity index (χ2v) is 2.38. The maximum absolute atomic E-state index is 11.6. The van der Waals surface area contributed by atoms with Crippen molar-refractivity contribution in [3.63, 3.8) is 0 Å². The predicted molar refractivity (Wildman–Crippen MR) is 52.6 cm³/mol. The van der Waals surface area contributed by atoms with E-state index in [0.29, 0.717) is 5.04 Å². The van der Waals surface area contributed by atoms with Crippen LogP contribution in [0.3, 0.4) is 0 Å². The van der Waals surface area contributed by atoms with E-state index < -0.39 is 0 Å². The average molecular weight is 177 g/mol. The summed E-state index contributed by atoms with van der Waals surface area (Å²) in [6, 6.07) is 0. The Labute approximate surface area is 73.1 Å².